The van der Waals surface area contributed by atoms with Crippen LogP contribution in [0.1, 0.15) is 18.1 Å². The number of anilines is 1. The summed E-state index contributed by atoms with van der Waals surface area (Å²) >= 11 is 6.07. The molecule has 80 valence electrons. The molecule has 0 aliphatic carbocycles. The van der Waals surface area contributed by atoms with Gasteiger partial charge in [0, 0.05) is 6.04 Å². The lowest BCUT2D eigenvalue weighted by molar-refractivity contribution is -0.115. The zero-order valence-corrected chi connectivity index (χ0v) is 9.27. The van der Waals surface area contributed by atoms with Crippen molar-refractivity contribution in [1.29, 1.82) is 0 Å². The minimum Gasteiger partial charge on any atom is -0.328 e. The van der Waals surface area contributed by atoms with Gasteiger partial charge in [-0.05, 0) is 30.5 Å². The maximum atomic E-state index is 11.2. The lowest BCUT2D eigenvalue weighted by Gasteiger charge is -2.08. The van der Waals surface area contributed by atoms with Crippen molar-refractivity contribution < 1.29 is 4.79 Å². The van der Waals surface area contributed by atoms with E-state index >= 15 is 0 Å². The fourth-order valence-corrected chi connectivity index (χ4v) is 2.16. The molecular weight excluding hydrogens is 212 g/mol. The zero-order valence-electron chi connectivity index (χ0n) is 8.51. The second-order valence-electron chi connectivity index (χ2n) is 4.02. The molecule has 0 spiro atoms. The molecule has 1 amide bonds. The number of carbonyl (C=O) groups excluding carboxylic acids is 1. The van der Waals surface area contributed by atoms with E-state index < -0.39 is 0 Å². The molecule has 0 saturated heterocycles. The van der Waals surface area contributed by atoms with Crippen LogP contribution in [0.25, 0.3) is 0 Å². The van der Waals surface area contributed by atoms with E-state index in [2.05, 4.69) is 5.32 Å². The van der Waals surface area contributed by atoms with Crippen molar-refractivity contribution in [2.24, 2.45) is 5.73 Å². The van der Waals surface area contributed by atoms with Crippen molar-refractivity contribution in [3.05, 3.63) is 28.3 Å². The van der Waals surface area contributed by atoms with E-state index in [1.54, 1.807) is 0 Å². The fraction of sp³-hybridized carbons (Fsp3) is 0.364. The number of carbonyl (C=O) groups is 1. The van der Waals surface area contributed by atoms with Crippen LogP contribution in [0.4, 0.5) is 5.69 Å². The van der Waals surface area contributed by atoms with Gasteiger partial charge in [-0.15, -0.1) is 0 Å². The third kappa shape index (κ3) is 2.13. The highest BCUT2D eigenvalue weighted by atomic mass is 35.5. The van der Waals surface area contributed by atoms with E-state index in [1.807, 2.05) is 19.1 Å². The number of nitrogens with two attached hydrogens (primary N) is 1. The van der Waals surface area contributed by atoms with E-state index in [9.17, 15) is 4.79 Å². The smallest absolute Gasteiger partial charge is 0.228 e. The Balaban J connectivity index is 2.35. The fourth-order valence-electron chi connectivity index (χ4n) is 1.85. The van der Waals surface area contributed by atoms with Crippen LogP contribution in [-0.4, -0.2) is 11.9 Å². The van der Waals surface area contributed by atoms with Crippen molar-refractivity contribution in [1.82, 2.24) is 0 Å². The molecular formula is C11H13ClN2O. The maximum Gasteiger partial charge on any atom is 0.228 e. The van der Waals surface area contributed by atoms with Crippen LogP contribution >= 0.6 is 11.6 Å². The van der Waals surface area contributed by atoms with Gasteiger partial charge >= 0.3 is 0 Å². The van der Waals surface area contributed by atoms with E-state index in [0.29, 0.717) is 11.4 Å². The Kier molecular flexibility index (Phi) is 2.67. The van der Waals surface area contributed by atoms with Gasteiger partial charge in [-0.3, -0.25) is 4.79 Å². The van der Waals surface area contributed by atoms with Crippen molar-refractivity contribution >= 4 is 23.2 Å². The average molecular weight is 225 g/mol. The summed E-state index contributed by atoms with van der Waals surface area (Å²) < 4.78 is 0. The van der Waals surface area contributed by atoms with Gasteiger partial charge < -0.3 is 11.1 Å². The monoisotopic (exact) mass is 224 g/mol. The highest BCUT2D eigenvalue weighted by Crippen LogP contribution is 2.32. The Hall–Kier alpha value is -1.06. The SMILES string of the molecule is CC(N)Cc1cc(Cl)c2c(c1)CC(=O)N2. The Morgan fingerprint density at radius 1 is 1.60 bits per heavy atom. The second-order valence-corrected chi connectivity index (χ2v) is 4.43. The largest absolute Gasteiger partial charge is 0.328 e. The molecule has 0 fully saturated rings. The third-order valence-corrected chi connectivity index (χ3v) is 2.70. The molecule has 0 bridgehead atoms. The molecule has 1 aromatic carbocycles. The lowest BCUT2D eigenvalue weighted by Crippen LogP contribution is -2.17. The van der Waals surface area contributed by atoms with Crippen LogP contribution < -0.4 is 11.1 Å². The number of halogens is 1. The molecule has 3 nitrogen and oxygen atoms in total. The molecule has 1 atom stereocenters. The first-order chi connectivity index (χ1) is 7.06. The van der Waals surface area contributed by atoms with Gasteiger partial charge in [-0.25, -0.2) is 0 Å². The summed E-state index contributed by atoms with van der Waals surface area (Å²) in [5.41, 5.74) is 8.54. The summed E-state index contributed by atoms with van der Waals surface area (Å²) in [5, 5.41) is 3.35. The molecule has 1 aromatic rings. The molecule has 15 heavy (non-hydrogen) atoms. The topological polar surface area (TPSA) is 55.1 Å². The molecule has 0 saturated carbocycles. The van der Waals surface area contributed by atoms with Crippen LogP contribution in [-0.2, 0) is 17.6 Å². The van der Waals surface area contributed by atoms with Gasteiger partial charge in [-0.2, -0.15) is 0 Å². The molecule has 0 radical (unpaired) electrons. The summed E-state index contributed by atoms with van der Waals surface area (Å²) in [7, 11) is 0. The predicted molar refractivity (Wildman–Crippen MR) is 61.1 cm³/mol. The molecule has 1 aliphatic heterocycles. The van der Waals surface area contributed by atoms with E-state index in [0.717, 1.165) is 23.2 Å². The number of benzene rings is 1. The van der Waals surface area contributed by atoms with Gasteiger partial charge in [0.1, 0.15) is 0 Å². The first-order valence-corrected chi connectivity index (χ1v) is 5.31. The first-order valence-electron chi connectivity index (χ1n) is 4.93. The summed E-state index contributed by atoms with van der Waals surface area (Å²) in [5.74, 6) is 0.00449. The van der Waals surface area contributed by atoms with E-state index in [-0.39, 0.29) is 11.9 Å². The van der Waals surface area contributed by atoms with Gasteiger partial charge in [0.25, 0.3) is 0 Å². The van der Waals surface area contributed by atoms with Crippen molar-refractivity contribution in [3.8, 4) is 0 Å². The number of amides is 1. The molecule has 2 rings (SSSR count). The van der Waals surface area contributed by atoms with Crippen LogP contribution in [0.5, 0.6) is 0 Å². The van der Waals surface area contributed by atoms with Gasteiger partial charge in [-0.1, -0.05) is 17.7 Å². The average Bonchev–Trinajstić information content (AvgIpc) is 2.44. The first kappa shape index (κ1) is 10.5. The van der Waals surface area contributed by atoms with Crippen molar-refractivity contribution in [3.63, 3.8) is 0 Å². The highest BCUT2D eigenvalue weighted by molar-refractivity contribution is 6.34. The number of hydrogen-bond donors (Lipinski definition) is 2. The zero-order chi connectivity index (χ0) is 11.0. The maximum absolute atomic E-state index is 11.2. The number of fused-ring (bicyclic) bond motifs is 1. The lowest BCUT2D eigenvalue weighted by atomic mass is 10.0. The van der Waals surface area contributed by atoms with Gasteiger partial charge in [0.2, 0.25) is 5.91 Å². The molecule has 4 heteroatoms. The molecule has 1 heterocycles. The predicted octanol–water partition coefficient (Wildman–Crippen LogP) is 1.72. The molecule has 1 aliphatic rings. The third-order valence-electron chi connectivity index (χ3n) is 2.40. The Morgan fingerprint density at radius 2 is 2.33 bits per heavy atom. The molecule has 3 N–H and O–H groups in total. The van der Waals surface area contributed by atoms with Gasteiger partial charge in [0.15, 0.2) is 0 Å². The number of rotatable bonds is 2. The Bertz CT molecular complexity index is 415. The summed E-state index contributed by atoms with van der Waals surface area (Å²) in [6.45, 7) is 1.95. The van der Waals surface area contributed by atoms with Crippen LogP contribution in [0, 0.1) is 0 Å². The molecule has 1 unspecified atom stereocenters. The van der Waals surface area contributed by atoms with Crippen molar-refractivity contribution in [2.45, 2.75) is 25.8 Å². The Morgan fingerprint density at radius 3 is 3.00 bits per heavy atom. The second kappa shape index (κ2) is 3.83. The number of hydrogen-bond acceptors (Lipinski definition) is 2. The summed E-state index contributed by atoms with van der Waals surface area (Å²) in [4.78, 5) is 11.2. The van der Waals surface area contributed by atoms with E-state index in [1.165, 1.54) is 0 Å². The quantitative estimate of drug-likeness (QED) is 0.804. The minimum absolute atomic E-state index is 0.00449. The minimum atomic E-state index is 0.00449. The number of nitrogens with one attached hydrogen (secondary N) is 1. The van der Waals surface area contributed by atoms with Crippen LogP contribution in [0.15, 0.2) is 12.1 Å². The summed E-state index contributed by atoms with van der Waals surface area (Å²) in [6.07, 6.45) is 1.20. The standard InChI is InChI=1S/C11H13ClN2O/c1-6(13)2-7-3-8-5-10(15)14-11(8)9(12)4-7/h3-4,6H,2,5,13H2,1H3,(H,14,15). The summed E-state index contributed by atoms with van der Waals surface area (Å²) in [6, 6.07) is 3.97. The van der Waals surface area contributed by atoms with Crippen molar-refractivity contribution in [2.75, 3.05) is 5.32 Å². The highest BCUT2D eigenvalue weighted by Gasteiger charge is 2.20. The molecule has 0 aromatic heterocycles. The van der Waals surface area contributed by atoms with Crippen LogP contribution in [0.3, 0.4) is 0 Å². The Labute approximate surface area is 93.6 Å². The van der Waals surface area contributed by atoms with Crippen LogP contribution in [0.2, 0.25) is 5.02 Å². The van der Waals surface area contributed by atoms with Gasteiger partial charge in [0.05, 0.1) is 17.1 Å². The normalized spacial score (nSPS) is 16.1. The van der Waals surface area contributed by atoms with E-state index in [4.69, 9.17) is 17.3 Å².